The van der Waals surface area contributed by atoms with Gasteiger partial charge in [0.05, 0.1) is 22.6 Å². The molecule has 0 bridgehead atoms. The molecule has 0 saturated heterocycles. The van der Waals surface area contributed by atoms with Crippen LogP contribution in [0.1, 0.15) is 31.9 Å². The number of benzene rings is 1. The molecule has 31 heavy (non-hydrogen) atoms. The van der Waals surface area contributed by atoms with E-state index in [1.54, 1.807) is 30.2 Å². The summed E-state index contributed by atoms with van der Waals surface area (Å²) in [7, 11) is 1.88. The molecule has 0 N–H and O–H groups in total. The maximum Gasteiger partial charge on any atom is 0.471 e. The highest BCUT2D eigenvalue weighted by Crippen LogP contribution is 2.43. The Bertz CT molecular complexity index is 975. The Hall–Kier alpha value is -1.93. The number of carbonyl (C=O) groups excluding carboxylic acids is 1. The molecule has 9 heteroatoms. The van der Waals surface area contributed by atoms with Crippen molar-refractivity contribution < 1.29 is 18.0 Å². The molecule has 0 unspecified atom stereocenters. The van der Waals surface area contributed by atoms with E-state index in [0.717, 1.165) is 32.3 Å². The molecule has 2 heterocycles. The number of rotatable bonds is 3. The lowest BCUT2D eigenvalue weighted by molar-refractivity contribution is -0.185. The molecule has 0 saturated carbocycles. The number of thioether (sulfide) groups is 1. The predicted octanol–water partition coefficient (Wildman–Crippen LogP) is 5.88. The van der Waals surface area contributed by atoms with E-state index in [9.17, 15) is 18.0 Å². The normalized spacial score (nSPS) is 14.8. The van der Waals surface area contributed by atoms with Gasteiger partial charge in [0.2, 0.25) is 0 Å². The van der Waals surface area contributed by atoms with Crippen LogP contribution in [-0.4, -0.2) is 46.9 Å². The highest BCUT2D eigenvalue weighted by molar-refractivity contribution is 8.00. The third kappa shape index (κ3) is 5.47. The fourth-order valence-corrected chi connectivity index (χ4v) is 5.07. The van der Waals surface area contributed by atoms with Crippen LogP contribution in [0.5, 0.6) is 0 Å². The van der Waals surface area contributed by atoms with E-state index in [4.69, 9.17) is 11.6 Å². The van der Waals surface area contributed by atoms with Gasteiger partial charge < -0.3 is 9.80 Å². The van der Waals surface area contributed by atoms with Crippen molar-refractivity contribution in [3.8, 4) is 0 Å². The van der Waals surface area contributed by atoms with Gasteiger partial charge in [-0.15, -0.1) is 11.8 Å². The van der Waals surface area contributed by atoms with Gasteiger partial charge in [-0.25, -0.2) is 0 Å². The van der Waals surface area contributed by atoms with E-state index < -0.39 is 12.1 Å². The highest BCUT2D eigenvalue weighted by Gasteiger charge is 2.42. The zero-order valence-corrected chi connectivity index (χ0v) is 19.5. The summed E-state index contributed by atoms with van der Waals surface area (Å²) in [6.45, 7) is 6.37. The fraction of sp³-hybridized carbons (Fsp3) is 0.455. The van der Waals surface area contributed by atoms with E-state index in [1.165, 1.54) is 0 Å². The van der Waals surface area contributed by atoms with Crippen molar-refractivity contribution in [1.82, 2.24) is 9.88 Å². The Morgan fingerprint density at radius 1 is 1.16 bits per heavy atom. The lowest BCUT2D eigenvalue weighted by atomic mass is 10.00. The summed E-state index contributed by atoms with van der Waals surface area (Å²) in [4.78, 5) is 19.9. The van der Waals surface area contributed by atoms with Gasteiger partial charge in [-0.05, 0) is 36.1 Å². The van der Waals surface area contributed by atoms with E-state index in [-0.39, 0.29) is 17.8 Å². The van der Waals surface area contributed by atoms with Crippen LogP contribution >= 0.6 is 23.4 Å². The van der Waals surface area contributed by atoms with Crippen LogP contribution in [0.4, 0.5) is 24.5 Å². The molecule has 3 rings (SSSR count). The molecular formula is C22H25ClF3N3OS. The summed E-state index contributed by atoms with van der Waals surface area (Å²) in [6, 6.07) is 5.55. The summed E-state index contributed by atoms with van der Waals surface area (Å²) >= 11 is 8.29. The number of aromatic nitrogens is 1. The molecule has 4 nitrogen and oxygen atoms in total. The first-order valence-electron chi connectivity index (χ1n) is 9.91. The molecule has 0 spiro atoms. The van der Waals surface area contributed by atoms with Gasteiger partial charge in [-0.2, -0.15) is 13.2 Å². The topological polar surface area (TPSA) is 36.4 Å². The quantitative estimate of drug-likeness (QED) is 0.523. The summed E-state index contributed by atoms with van der Waals surface area (Å²) in [5, 5.41) is 0.507. The molecule has 168 valence electrons. The minimum atomic E-state index is -4.87. The molecule has 1 aromatic heterocycles. The average molecular weight is 472 g/mol. The number of halogens is 4. The summed E-state index contributed by atoms with van der Waals surface area (Å²) in [6.07, 6.45) is -0.743. The van der Waals surface area contributed by atoms with Crippen LogP contribution in [-0.2, 0) is 17.6 Å². The summed E-state index contributed by atoms with van der Waals surface area (Å²) in [5.74, 6) is -1.79. The summed E-state index contributed by atoms with van der Waals surface area (Å²) in [5.41, 5.74) is 3.37. The van der Waals surface area contributed by atoms with Crippen molar-refractivity contribution in [3.63, 3.8) is 0 Å². The number of anilines is 2. The molecule has 1 aliphatic rings. The largest absolute Gasteiger partial charge is 0.471 e. The van der Waals surface area contributed by atoms with E-state index in [1.807, 2.05) is 24.1 Å². The average Bonchev–Trinajstić information content (AvgIpc) is 2.88. The van der Waals surface area contributed by atoms with Crippen molar-refractivity contribution in [3.05, 3.63) is 46.7 Å². The molecule has 1 amide bonds. The zero-order chi connectivity index (χ0) is 23.0. The zero-order valence-electron chi connectivity index (χ0n) is 17.9. The molecule has 0 aliphatic carbocycles. The van der Waals surface area contributed by atoms with Crippen LogP contribution in [0.15, 0.2) is 35.5 Å². The van der Waals surface area contributed by atoms with Crippen LogP contribution in [0, 0.1) is 0 Å². The van der Waals surface area contributed by atoms with Crippen molar-refractivity contribution in [2.24, 2.45) is 0 Å². The van der Waals surface area contributed by atoms with Crippen molar-refractivity contribution in [2.45, 2.75) is 49.4 Å². The fourth-order valence-electron chi connectivity index (χ4n) is 3.68. The summed E-state index contributed by atoms with van der Waals surface area (Å²) < 4.78 is 38.8. The third-order valence-corrected chi connectivity index (χ3v) is 6.50. The number of carbonyl (C=O) groups is 1. The number of amides is 1. The second-order valence-electron chi connectivity index (χ2n) is 8.44. The minimum absolute atomic E-state index is 0.0108. The predicted molar refractivity (Wildman–Crippen MR) is 119 cm³/mol. The number of fused-ring (bicyclic) bond motifs is 1. The maximum atomic E-state index is 12.9. The van der Waals surface area contributed by atoms with Gasteiger partial charge in [0, 0.05) is 36.0 Å². The van der Waals surface area contributed by atoms with Crippen molar-refractivity contribution >= 4 is 40.6 Å². The van der Waals surface area contributed by atoms with Crippen molar-refractivity contribution in [2.75, 3.05) is 25.0 Å². The first kappa shape index (κ1) is 23.7. The van der Waals surface area contributed by atoms with Crippen LogP contribution in [0.2, 0.25) is 5.02 Å². The molecule has 0 radical (unpaired) electrons. The highest BCUT2D eigenvalue weighted by atomic mass is 35.5. The van der Waals surface area contributed by atoms with E-state index >= 15 is 0 Å². The van der Waals surface area contributed by atoms with E-state index in [2.05, 4.69) is 25.8 Å². The first-order valence-corrected chi connectivity index (χ1v) is 11.1. The Morgan fingerprint density at radius 2 is 1.84 bits per heavy atom. The SMILES string of the molecule is CN(c1cnccc1SC(C)(C)C)c1c(Cl)ccc2c1CCN(C(=O)C(F)(F)F)CC2. The minimum Gasteiger partial charge on any atom is -0.341 e. The van der Waals surface area contributed by atoms with Gasteiger partial charge in [0.25, 0.3) is 0 Å². The number of alkyl halides is 3. The van der Waals surface area contributed by atoms with Crippen LogP contribution in [0.3, 0.4) is 0 Å². The Balaban J connectivity index is 1.98. The lowest BCUT2D eigenvalue weighted by Crippen LogP contribution is -2.42. The molecule has 0 fully saturated rings. The monoisotopic (exact) mass is 471 g/mol. The standard InChI is InChI=1S/C22H25ClF3N3OS/c1-21(2,3)31-18-7-10-27-13-17(18)28(4)19-15-9-12-29(20(30)22(24,25)26)11-8-14(15)5-6-16(19)23/h5-7,10,13H,8-9,11-12H2,1-4H3. The third-order valence-electron chi connectivity index (χ3n) is 5.02. The number of pyridine rings is 1. The molecule has 2 aromatic rings. The Labute approximate surface area is 189 Å². The Morgan fingerprint density at radius 3 is 2.48 bits per heavy atom. The van der Waals surface area contributed by atoms with Crippen molar-refractivity contribution in [1.29, 1.82) is 0 Å². The molecule has 1 aliphatic heterocycles. The molecule has 0 atom stereocenters. The van der Waals surface area contributed by atoms with E-state index in [0.29, 0.717) is 17.9 Å². The van der Waals surface area contributed by atoms with Gasteiger partial charge in [-0.3, -0.25) is 9.78 Å². The number of hydrogen-bond donors (Lipinski definition) is 0. The number of nitrogens with zero attached hydrogens (tertiary/aromatic N) is 3. The first-order chi connectivity index (χ1) is 14.4. The molecule has 1 aromatic carbocycles. The van der Waals surface area contributed by atoms with Crippen LogP contribution < -0.4 is 4.90 Å². The van der Waals surface area contributed by atoms with Gasteiger partial charge >= 0.3 is 12.1 Å². The van der Waals surface area contributed by atoms with Gasteiger partial charge in [0.15, 0.2) is 0 Å². The van der Waals surface area contributed by atoms with Gasteiger partial charge in [-0.1, -0.05) is 38.4 Å². The second-order valence-corrected chi connectivity index (χ2v) is 10.7. The lowest BCUT2D eigenvalue weighted by Gasteiger charge is -2.28. The smallest absolute Gasteiger partial charge is 0.341 e. The molecular weight excluding hydrogens is 447 g/mol. The number of hydrogen-bond acceptors (Lipinski definition) is 4. The second kappa shape index (κ2) is 8.90. The van der Waals surface area contributed by atoms with Gasteiger partial charge in [0.1, 0.15) is 0 Å². The maximum absolute atomic E-state index is 12.9. The van der Waals surface area contributed by atoms with Crippen LogP contribution in [0.25, 0.3) is 0 Å². The Kier molecular flexibility index (Phi) is 6.81.